The minimum absolute atomic E-state index is 0.405. The van der Waals surface area contributed by atoms with Crippen LogP contribution < -0.4 is 4.74 Å². The van der Waals surface area contributed by atoms with Crippen LogP contribution in [-0.4, -0.2) is 16.5 Å². The Morgan fingerprint density at radius 2 is 2.00 bits per heavy atom. The predicted octanol–water partition coefficient (Wildman–Crippen LogP) is 2.34. The van der Waals surface area contributed by atoms with Gasteiger partial charge >= 0.3 is 6.36 Å². The number of halogens is 4. The van der Waals surface area contributed by atoms with E-state index in [0.717, 1.165) is 12.4 Å². The quantitative estimate of drug-likeness (QED) is 0.779. The van der Waals surface area contributed by atoms with Gasteiger partial charge in [-0.3, -0.25) is 4.98 Å². The molecule has 0 aliphatic heterocycles. The third kappa shape index (κ3) is 2.66. The Kier molecular flexibility index (Phi) is 2.51. The van der Waals surface area contributed by atoms with Crippen LogP contribution in [0.25, 0.3) is 0 Å². The molecule has 0 bridgehead atoms. The van der Waals surface area contributed by atoms with Gasteiger partial charge in [0.05, 0.1) is 6.20 Å². The van der Waals surface area contributed by atoms with Crippen LogP contribution in [-0.2, 0) is 0 Å². The third-order valence-corrected chi connectivity index (χ3v) is 1.32. The Bertz CT molecular complexity index is 295. The summed E-state index contributed by atoms with van der Waals surface area (Å²) >= 11 is 5.29. The molecule has 72 valence electrons. The summed E-state index contributed by atoms with van der Waals surface area (Å²) in [7, 11) is 0. The molecule has 13 heavy (non-hydrogen) atoms. The Hall–Kier alpha value is -1.17. The minimum Gasteiger partial charge on any atom is -0.503 e. The fraction of sp³-hybridized carbons (Fsp3) is 0.167. The van der Waals surface area contributed by atoms with Gasteiger partial charge in [0.25, 0.3) is 0 Å². The third-order valence-electron chi connectivity index (χ3n) is 1.05. The molecule has 0 fully saturated rings. The number of nitrogens with zero attached hydrogens (tertiary/aromatic N) is 1. The Balaban J connectivity index is 3.00. The first kappa shape index (κ1) is 9.91. The number of hydrogen-bond donors (Lipinski definition) is 1. The molecule has 0 amide bonds. The number of pyridine rings is 1. The molecule has 0 unspecified atom stereocenters. The first-order chi connectivity index (χ1) is 5.90. The van der Waals surface area contributed by atoms with Crippen LogP contribution in [0.4, 0.5) is 13.2 Å². The van der Waals surface area contributed by atoms with E-state index in [9.17, 15) is 13.2 Å². The highest BCUT2D eigenvalue weighted by molar-refractivity contribution is 6.32. The standard InChI is InChI=1S/C6H3ClF3NO2/c7-3-1-11-2-4(12)5(3)13-6(8,9)10/h1-2,12H. The lowest BCUT2D eigenvalue weighted by Gasteiger charge is -2.10. The SMILES string of the molecule is Oc1cncc(Cl)c1OC(F)(F)F. The van der Waals surface area contributed by atoms with E-state index in [4.69, 9.17) is 16.7 Å². The summed E-state index contributed by atoms with van der Waals surface area (Å²) in [5.74, 6) is -1.60. The smallest absolute Gasteiger partial charge is 0.503 e. The van der Waals surface area contributed by atoms with Crippen molar-refractivity contribution >= 4 is 11.6 Å². The van der Waals surface area contributed by atoms with E-state index in [1.807, 2.05) is 0 Å². The highest BCUT2D eigenvalue weighted by atomic mass is 35.5. The summed E-state index contributed by atoms with van der Waals surface area (Å²) in [5.41, 5.74) is 0. The first-order valence-corrected chi connectivity index (χ1v) is 3.36. The Morgan fingerprint density at radius 3 is 2.46 bits per heavy atom. The van der Waals surface area contributed by atoms with Crippen molar-refractivity contribution in [3.05, 3.63) is 17.4 Å². The lowest BCUT2D eigenvalue weighted by molar-refractivity contribution is -0.275. The fourth-order valence-electron chi connectivity index (χ4n) is 0.630. The number of rotatable bonds is 1. The molecule has 1 rings (SSSR count). The molecule has 0 spiro atoms. The number of hydrogen-bond acceptors (Lipinski definition) is 3. The van der Waals surface area contributed by atoms with E-state index in [2.05, 4.69) is 9.72 Å². The summed E-state index contributed by atoms with van der Waals surface area (Å²) in [6.45, 7) is 0. The maximum absolute atomic E-state index is 11.7. The van der Waals surface area contributed by atoms with E-state index < -0.39 is 22.9 Å². The molecule has 0 saturated carbocycles. The summed E-state index contributed by atoms with van der Waals surface area (Å²) < 4.78 is 38.5. The van der Waals surface area contributed by atoms with Gasteiger partial charge in [-0.1, -0.05) is 11.6 Å². The summed E-state index contributed by atoms with van der Waals surface area (Å²) in [4.78, 5) is 3.35. The second-order valence-electron chi connectivity index (χ2n) is 2.02. The molecule has 0 aromatic carbocycles. The molecular weight excluding hydrogens is 211 g/mol. The van der Waals surface area contributed by atoms with Gasteiger partial charge in [-0.2, -0.15) is 0 Å². The van der Waals surface area contributed by atoms with E-state index >= 15 is 0 Å². The first-order valence-electron chi connectivity index (χ1n) is 2.98. The molecular formula is C6H3ClF3NO2. The average Bonchev–Trinajstić information content (AvgIpc) is 1.95. The van der Waals surface area contributed by atoms with E-state index in [-0.39, 0.29) is 0 Å². The molecule has 0 atom stereocenters. The van der Waals surface area contributed by atoms with Crippen LogP contribution in [0.15, 0.2) is 12.4 Å². The molecule has 3 nitrogen and oxygen atoms in total. The van der Waals surface area contributed by atoms with E-state index in [0.29, 0.717) is 0 Å². The summed E-state index contributed by atoms with van der Waals surface area (Å²) in [6.07, 6.45) is -3.15. The van der Waals surface area contributed by atoms with Gasteiger partial charge in [0.1, 0.15) is 5.02 Å². The molecule has 1 aromatic heterocycles. The molecule has 0 aliphatic carbocycles. The predicted molar refractivity (Wildman–Crippen MR) is 37.6 cm³/mol. The highest BCUT2D eigenvalue weighted by Crippen LogP contribution is 2.36. The van der Waals surface area contributed by atoms with Crippen molar-refractivity contribution in [1.82, 2.24) is 4.98 Å². The lowest BCUT2D eigenvalue weighted by Crippen LogP contribution is -2.17. The van der Waals surface area contributed by atoms with E-state index in [1.165, 1.54) is 0 Å². The average molecular weight is 214 g/mol. The van der Waals surface area contributed by atoms with Crippen molar-refractivity contribution in [3.8, 4) is 11.5 Å². The van der Waals surface area contributed by atoms with Crippen molar-refractivity contribution in [2.45, 2.75) is 6.36 Å². The second-order valence-corrected chi connectivity index (χ2v) is 2.42. The van der Waals surface area contributed by atoms with Crippen molar-refractivity contribution in [3.63, 3.8) is 0 Å². The van der Waals surface area contributed by atoms with Crippen LogP contribution in [0.3, 0.4) is 0 Å². The van der Waals surface area contributed by atoms with Crippen LogP contribution in [0.5, 0.6) is 11.5 Å². The summed E-state index contributed by atoms with van der Waals surface area (Å²) in [6, 6.07) is 0. The zero-order valence-electron chi connectivity index (χ0n) is 5.97. The van der Waals surface area contributed by atoms with Crippen LogP contribution in [0, 0.1) is 0 Å². The fourth-order valence-corrected chi connectivity index (χ4v) is 0.821. The highest BCUT2D eigenvalue weighted by Gasteiger charge is 2.33. The monoisotopic (exact) mass is 213 g/mol. The largest absolute Gasteiger partial charge is 0.573 e. The van der Waals surface area contributed by atoms with Gasteiger partial charge < -0.3 is 9.84 Å². The lowest BCUT2D eigenvalue weighted by atomic mass is 10.4. The number of alkyl halides is 3. The van der Waals surface area contributed by atoms with Gasteiger partial charge in [0.2, 0.25) is 0 Å². The van der Waals surface area contributed by atoms with Crippen molar-refractivity contribution in [2.75, 3.05) is 0 Å². The number of aromatic nitrogens is 1. The topological polar surface area (TPSA) is 42.4 Å². The number of aromatic hydroxyl groups is 1. The Labute approximate surface area is 75.7 Å². The zero-order valence-corrected chi connectivity index (χ0v) is 6.73. The number of ether oxygens (including phenoxy) is 1. The van der Waals surface area contributed by atoms with Gasteiger partial charge in [-0.15, -0.1) is 13.2 Å². The van der Waals surface area contributed by atoms with Crippen LogP contribution in [0.1, 0.15) is 0 Å². The van der Waals surface area contributed by atoms with Gasteiger partial charge in [-0.05, 0) is 0 Å². The summed E-state index contributed by atoms with van der Waals surface area (Å²) in [5, 5.41) is 8.48. The minimum atomic E-state index is -4.89. The Morgan fingerprint density at radius 1 is 1.38 bits per heavy atom. The molecule has 0 aliphatic rings. The van der Waals surface area contributed by atoms with Crippen LogP contribution in [0.2, 0.25) is 5.02 Å². The van der Waals surface area contributed by atoms with E-state index in [1.54, 1.807) is 0 Å². The molecule has 1 aromatic rings. The molecule has 0 saturated heterocycles. The zero-order chi connectivity index (χ0) is 10.1. The maximum Gasteiger partial charge on any atom is 0.573 e. The molecule has 0 radical (unpaired) electrons. The normalized spacial score (nSPS) is 11.4. The van der Waals surface area contributed by atoms with Crippen LogP contribution >= 0.6 is 11.6 Å². The van der Waals surface area contributed by atoms with Gasteiger partial charge in [0.15, 0.2) is 11.5 Å². The van der Waals surface area contributed by atoms with Crippen molar-refractivity contribution in [1.29, 1.82) is 0 Å². The van der Waals surface area contributed by atoms with Gasteiger partial charge in [-0.25, -0.2) is 0 Å². The molecule has 7 heteroatoms. The van der Waals surface area contributed by atoms with Crippen molar-refractivity contribution < 1.29 is 23.0 Å². The molecule has 1 N–H and O–H groups in total. The second kappa shape index (κ2) is 3.29. The molecule has 1 heterocycles. The maximum atomic E-state index is 11.7. The van der Waals surface area contributed by atoms with Gasteiger partial charge in [0, 0.05) is 6.20 Å². The van der Waals surface area contributed by atoms with Crippen molar-refractivity contribution in [2.24, 2.45) is 0 Å².